The number of aliphatic hydroxyl groups is 4. The average molecular weight is 332 g/mol. The highest BCUT2D eigenvalue weighted by molar-refractivity contribution is 5.17. The topological polar surface area (TPSA) is 121 Å². The van der Waals surface area contributed by atoms with E-state index in [1.165, 1.54) is 19.3 Å². The van der Waals surface area contributed by atoms with Crippen LogP contribution in [0.15, 0.2) is 24.3 Å². The number of allylic oxidation sites excluding steroid dienone is 1. The number of methoxy groups -OCH3 is 1. The molecule has 4 N–H and O–H groups in total. The Labute approximate surface area is 134 Å². The summed E-state index contributed by atoms with van der Waals surface area (Å²) >= 11 is 0. The third kappa shape index (κ3) is 4.37. The van der Waals surface area contributed by atoms with Gasteiger partial charge in [0.2, 0.25) is 5.79 Å². The number of epoxide rings is 1. The maximum Gasteiger partial charge on any atom is 0.217 e. The van der Waals surface area contributed by atoms with Gasteiger partial charge in [-0.15, -0.1) is 0 Å². The summed E-state index contributed by atoms with van der Waals surface area (Å²) < 4.78 is 20.6. The Kier molecular flexibility index (Phi) is 6.29. The lowest BCUT2D eigenvalue weighted by Gasteiger charge is -2.36. The van der Waals surface area contributed by atoms with Gasteiger partial charge in [0.05, 0.1) is 13.2 Å². The molecule has 2 aliphatic rings. The molecule has 1 aliphatic carbocycles. The Morgan fingerprint density at radius 3 is 2.78 bits per heavy atom. The van der Waals surface area contributed by atoms with Gasteiger partial charge < -0.3 is 39.4 Å². The van der Waals surface area contributed by atoms with Crippen LogP contribution in [0.5, 0.6) is 0 Å². The fourth-order valence-electron chi connectivity index (χ4n) is 2.43. The van der Waals surface area contributed by atoms with Crippen LogP contribution in [0, 0.1) is 0 Å². The van der Waals surface area contributed by atoms with Crippen LogP contribution < -0.4 is 0 Å². The molecule has 1 saturated heterocycles. The lowest BCUT2D eigenvalue weighted by atomic mass is 10.0. The van der Waals surface area contributed by atoms with Gasteiger partial charge in [-0.25, -0.2) is 0 Å². The number of rotatable bonds is 8. The van der Waals surface area contributed by atoms with Crippen molar-refractivity contribution in [3.8, 4) is 0 Å². The number of fused-ring (bicyclic) bond motifs is 1. The highest BCUT2D eigenvalue weighted by Gasteiger charge is 2.55. The summed E-state index contributed by atoms with van der Waals surface area (Å²) in [7, 11) is 1.29. The first kappa shape index (κ1) is 18.5. The minimum atomic E-state index is -2.10. The second-order valence-electron chi connectivity index (χ2n) is 5.51. The van der Waals surface area contributed by atoms with Gasteiger partial charge in [0, 0.05) is 7.11 Å². The smallest absolute Gasteiger partial charge is 0.217 e. The molecule has 1 aliphatic heterocycles. The van der Waals surface area contributed by atoms with E-state index in [0.717, 1.165) is 0 Å². The van der Waals surface area contributed by atoms with Crippen LogP contribution in [-0.4, -0.2) is 83.3 Å². The number of ether oxygens (including phenoxy) is 4. The highest BCUT2D eigenvalue weighted by Crippen LogP contribution is 2.37. The van der Waals surface area contributed by atoms with Gasteiger partial charge in [-0.05, 0) is 13.0 Å². The summed E-state index contributed by atoms with van der Waals surface area (Å²) in [6.07, 6.45) is 0.0694. The predicted octanol–water partition coefficient (Wildman–Crippen LogP) is -1.32. The van der Waals surface area contributed by atoms with E-state index in [2.05, 4.69) is 0 Å². The summed E-state index contributed by atoms with van der Waals surface area (Å²) in [5, 5.41) is 40.5. The molecular weight excluding hydrogens is 308 g/mol. The van der Waals surface area contributed by atoms with Crippen molar-refractivity contribution in [2.45, 2.75) is 49.5 Å². The second-order valence-corrected chi connectivity index (χ2v) is 5.51. The van der Waals surface area contributed by atoms with E-state index in [0.29, 0.717) is 0 Å². The summed E-state index contributed by atoms with van der Waals surface area (Å²) in [4.78, 5) is 0. The van der Waals surface area contributed by atoms with Crippen molar-refractivity contribution in [2.24, 2.45) is 0 Å². The Morgan fingerprint density at radius 2 is 2.13 bits per heavy atom. The quantitative estimate of drug-likeness (QED) is 0.187. The summed E-state index contributed by atoms with van der Waals surface area (Å²) in [5.41, 5.74) is 0. The normalized spacial score (nSPS) is 39.0. The molecule has 2 rings (SSSR count). The van der Waals surface area contributed by atoms with Crippen molar-refractivity contribution in [1.82, 2.24) is 0 Å². The summed E-state index contributed by atoms with van der Waals surface area (Å²) in [6, 6.07) is 0. The molecular formula is C15H24O8. The van der Waals surface area contributed by atoms with Crippen LogP contribution in [0.25, 0.3) is 0 Å². The Bertz CT molecular complexity index is 439. The molecule has 7 unspecified atom stereocenters. The molecule has 1 heterocycles. The Balaban J connectivity index is 1.96. The largest absolute Gasteiger partial charge is 0.387 e. The van der Waals surface area contributed by atoms with Crippen molar-refractivity contribution < 1.29 is 39.4 Å². The van der Waals surface area contributed by atoms with Gasteiger partial charge in [0.25, 0.3) is 0 Å². The maximum atomic E-state index is 10.6. The van der Waals surface area contributed by atoms with Crippen LogP contribution in [0.1, 0.15) is 6.92 Å². The van der Waals surface area contributed by atoms with Crippen LogP contribution in [-0.2, 0) is 18.9 Å². The van der Waals surface area contributed by atoms with Crippen LogP contribution in [0.3, 0.4) is 0 Å². The molecule has 0 radical (unpaired) electrons. The van der Waals surface area contributed by atoms with E-state index in [-0.39, 0.29) is 19.3 Å². The number of aliphatic hydroxyl groups excluding tert-OH is 3. The fraction of sp³-hybridized carbons (Fsp3) is 0.733. The van der Waals surface area contributed by atoms with Crippen molar-refractivity contribution >= 4 is 0 Å². The minimum absolute atomic E-state index is 0.181. The molecule has 0 spiro atoms. The molecule has 8 nitrogen and oxygen atoms in total. The van der Waals surface area contributed by atoms with Crippen LogP contribution in [0.4, 0.5) is 0 Å². The zero-order chi connectivity index (χ0) is 17.0. The molecule has 23 heavy (non-hydrogen) atoms. The van der Waals surface area contributed by atoms with Gasteiger partial charge >= 0.3 is 0 Å². The van der Waals surface area contributed by atoms with Gasteiger partial charge in [0.15, 0.2) is 6.29 Å². The number of hydrogen-bond acceptors (Lipinski definition) is 8. The highest BCUT2D eigenvalue weighted by atomic mass is 16.7. The van der Waals surface area contributed by atoms with Gasteiger partial charge in [-0.1, -0.05) is 18.2 Å². The first-order valence-corrected chi connectivity index (χ1v) is 7.44. The van der Waals surface area contributed by atoms with Crippen LogP contribution >= 0.6 is 0 Å². The van der Waals surface area contributed by atoms with Crippen molar-refractivity contribution in [1.29, 1.82) is 0 Å². The van der Waals surface area contributed by atoms with Gasteiger partial charge in [-0.2, -0.15) is 0 Å². The monoisotopic (exact) mass is 332 g/mol. The molecule has 0 aromatic rings. The Hall–Kier alpha value is -0.840. The van der Waals surface area contributed by atoms with E-state index < -0.39 is 36.5 Å². The number of hydrogen-bond donors (Lipinski definition) is 4. The molecule has 0 aromatic carbocycles. The van der Waals surface area contributed by atoms with Crippen molar-refractivity contribution in [3.05, 3.63) is 24.3 Å². The zero-order valence-electron chi connectivity index (χ0n) is 13.1. The molecule has 0 amide bonds. The first-order chi connectivity index (χ1) is 10.9. The third-order valence-electron chi connectivity index (χ3n) is 3.77. The van der Waals surface area contributed by atoms with E-state index in [1.807, 2.05) is 6.92 Å². The molecule has 7 atom stereocenters. The van der Waals surface area contributed by atoms with Crippen molar-refractivity contribution in [2.75, 3.05) is 20.3 Å². The van der Waals surface area contributed by atoms with Crippen LogP contribution in [0.2, 0.25) is 0 Å². The minimum Gasteiger partial charge on any atom is -0.387 e. The fourth-order valence-corrected chi connectivity index (χ4v) is 2.43. The molecule has 132 valence electrons. The second kappa shape index (κ2) is 7.82. The van der Waals surface area contributed by atoms with E-state index in [4.69, 9.17) is 18.9 Å². The Morgan fingerprint density at radius 1 is 1.39 bits per heavy atom. The SMILES string of the molecule is CC=CCOCC(O)C(O)OC1(O)C=CC2OC2C(O)C1OC. The molecule has 8 heteroatoms. The van der Waals surface area contributed by atoms with Crippen molar-refractivity contribution in [3.63, 3.8) is 0 Å². The molecule has 0 bridgehead atoms. The van der Waals surface area contributed by atoms with Gasteiger partial charge in [-0.3, -0.25) is 0 Å². The van der Waals surface area contributed by atoms with E-state index in [9.17, 15) is 20.4 Å². The summed E-state index contributed by atoms with van der Waals surface area (Å²) in [5.74, 6) is -2.10. The first-order valence-electron chi connectivity index (χ1n) is 7.44. The van der Waals surface area contributed by atoms with E-state index in [1.54, 1.807) is 12.2 Å². The predicted molar refractivity (Wildman–Crippen MR) is 78.3 cm³/mol. The lowest BCUT2D eigenvalue weighted by Crippen LogP contribution is -2.55. The third-order valence-corrected chi connectivity index (χ3v) is 3.77. The summed E-state index contributed by atoms with van der Waals surface area (Å²) in [6.45, 7) is 1.93. The molecule has 1 fully saturated rings. The van der Waals surface area contributed by atoms with Gasteiger partial charge in [0.1, 0.15) is 30.5 Å². The lowest BCUT2D eigenvalue weighted by molar-refractivity contribution is -0.323. The average Bonchev–Trinajstić information content (AvgIpc) is 3.29. The maximum absolute atomic E-state index is 10.6. The van der Waals surface area contributed by atoms with E-state index >= 15 is 0 Å². The molecule has 0 aromatic heterocycles. The molecule has 0 saturated carbocycles. The zero-order valence-corrected chi connectivity index (χ0v) is 13.1. The standard InChI is InChI=1S/C15H24O8/c1-3-4-7-21-8-9(16)14(18)23-15(19)6-5-10-12(22-10)11(17)13(15)20-2/h3-6,9-14,16-19H,7-8H2,1-2H3.